The first-order chi connectivity index (χ1) is 6.34. The average Bonchev–Trinajstić information content (AvgIpc) is 2.07. The minimum absolute atomic E-state index is 0.0485. The van der Waals surface area contributed by atoms with E-state index < -0.39 is 6.00 Å². The Labute approximate surface area is 100 Å². The van der Waals surface area contributed by atoms with Crippen LogP contribution in [0.3, 0.4) is 0 Å². The van der Waals surface area contributed by atoms with Gasteiger partial charge in [0.15, 0.2) is 0 Å². The smallest absolute Gasteiger partial charge is 0.125 e. The second-order valence-electron chi connectivity index (χ2n) is 3.55. The monoisotopic (exact) mass is 266 g/mol. The summed E-state index contributed by atoms with van der Waals surface area (Å²) < 4.78 is 0. The molecule has 0 aromatic heterocycles. The van der Waals surface area contributed by atoms with Crippen LogP contribution in [0.1, 0.15) is 29.2 Å². The van der Waals surface area contributed by atoms with E-state index in [1.54, 1.807) is 0 Å². The normalized spacial score (nSPS) is 14.1. The van der Waals surface area contributed by atoms with Crippen LogP contribution in [0.2, 0.25) is 0 Å². The molecular formula is C10H13Cl3Si. The van der Waals surface area contributed by atoms with Crippen LogP contribution in [0.4, 0.5) is 0 Å². The Morgan fingerprint density at radius 3 is 2.21 bits per heavy atom. The molecule has 1 atom stereocenters. The summed E-state index contributed by atoms with van der Waals surface area (Å²) in [5.74, 6) is 0. The standard InChI is InChI=1S/C10H13Cl3Si/c1-7-5-4-6-10(8(7)2)9(3)14(11,12)13/h4-6,9H,1-3H3. The van der Waals surface area contributed by atoms with E-state index in [2.05, 4.69) is 19.9 Å². The van der Waals surface area contributed by atoms with Crippen molar-refractivity contribution in [3.8, 4) is 0 Å². The minimum atomic E-state index is -2.64. The lowest BCUT2D eigenvalue weighted by atomic mass is 10.0. The molecule has 0 bridgehead atoms. The van der Waals surface area contributed by atoms with Crippen LogP contribution in [-0.4, -0.2) is 6.00 Å². The van der Waals surface area contributed by atoms with Gasteiger partial charge in [0.05, 0.1) is 0 Å². The second kappa shape index (κ2) is 4.44. The molecule has 4 heteroatoms. The van der Waals surface area contributed by atoms with Gasteiger partial charge in [-0.25, -0.2) is 0 Å². The summed E-state index contributed by atoms with van der Waals surface area (Å²) in [7, 11) is 0. The topological polar surface area (TPSA) is 0 Å². The Hall–Kier alpha value is 0.307. The first-order valence-electron chi connectivity index (χ1n) is 4.47. The first kappa shape index (κ1) is 12.4. The minimum Gasteiger partial charge on any atom is -0.125 e. The molecule has 0 saturated carbocycles. The van der Waals surface area contributed by atoms with Crippen LogP contribution in [0.5, 0.6) is 0 Å². The molecule has 1 rings (SSSR count). The van der Waals surface area contributed by atoms with Crippen molar-refractivity contribution in [3.05, 3.63) is 34.9 Å². The molecule has 0 aliphatic heterocycles. The lowest BCUT2D eigenvalue weighted by Gasteiger charge is -2.20. The first-order valence-corrected chi connectivity index (χ1v) is 9.58. The maximum Gasteiger partial charge on any atom is 0.348 e. The number of halogens is 3. The van der Waals surface area contributed by atoms with Crippen LogP contribution in [-0.2, 0) is 0 Å². The van der Waals surface area contributed by atoms with Crippen LogP contribution in [0.25, 0.3) is 0 Å². The lowest BCUT2D eigenvalue weighted by molar-refractivity contribution is 1.03. The molecule has 1 aromatic rings. The van der Waals surface area contributed by atoms with E-state index in [1.165, 1.54) is 11.1 Å². The zero-order valence-electron chi connectivity index (χ0n) is 8.44. The van der Waals surface area contributed by atoms with E-state index in [1.807, 2.05) is 19.1 Å². The molecule has 78 valence electrons. The predicted octanol–water partition coefficient (Wildman–Crippen LogP) is 4.60. The number of hydrogen-bond acceptors (Lipinski definition) is 0. The molecule has 1 aromatic carbocycles. The van der Waals surface area contributed by atoms with Gasteiger partial charge in [-0.2, -0.15) is 0 Å². The highest BCUT2D eigenvalue weighted by Gasteiger charge is 2.35. The maximum atomic E-state index is 6.01. The summed E-state index contributed by atoms with van der Waals surface area (Å²) in [6.07, 6.45) is 0. The summed E-state index contributed by atoms with van der Waals surface area (Å²) in [6, 6.07) is 3.49. The zero-order valence-corrected chi connectivity index (χ0v) is 11.7. The Morgan fingerprint density at radius 2 is 1.71 bits per heavy atom. The van der Waals surface area contributed by atoms with Crippen molar-refractivity contribution < 1.29 is 0 Å². The third-order valence-corrected chi connectivity index (χ3v) is 6.84. The summed E-state index contributed by atoms with van der Waals surface area (Å²) in [6.45, 7) is 6.14. The van der Waals surface area contributed by atoms with Gasteiger partial charge in [0.1, 0.15) is 0 Å². The summed E-state index contributed by atoms with van der Waals surface area (Å²) >= 11 is 18.0. The highest BCUT2D eigenvalue weighted by atomic mass is 35.8. The third kappa shape index (κ3) is 2.66. The summed E-state index contributed by atoms with van der Waals surface area (Å²) in [4.78, 5) is 0. The van der Waals surface area contributed by atoms with Crippen LogP contribution < -0.4 is 0 Å². The quantitative estimate of drug-likeness (QED) is 0.543. The Bertz CT molecular complexity index is 331. The average molecular weight is 268 g/mol. The fraction of sp³-hybridized carbons (Fsp3) is 0.400. The molecule has 0 heterocycles. The predicted molar refractivity (Wildman–Crippen MR) is 67.6 cm³/mol. The van der Waals surface area contributed by atoms with Crippen molar-refractivity contribution in [2.75, 3.05) is 0 Å². The van der Waals surface area contributed by atoms with Gasteiger partial charge in [0.25, 0.3) is 0 Å². The van der Waals surface area contributed by atoms with E-state index in [4.69, 9.17) is 33.2 Å². The molecule has 1 unspecified atom stereocenters. The Kier molecular flexibility index (Phi) is 3.92. The van der Waals surface area contributed by atoms with E-state index >= 15 is 0 Å². The molecular weight excluding hydrogens is 255 g/mol. The molecule has 14 heavy (non-hydrogen) atoms. The number of rotatable bonds is 2. The van der Waals surface area contributed by atoms with Gasteiger partial charge in [0.2, 0.25) is 0 Å². The fourth-order valence-corrected chi connectivity index (χ4v) is 3.14. The molecule has 0 spiro atoms. The van der Waals surface area contributed by atoms with Gasteiger partial charge < -0.3 is 0 Å². The molecule has 0 radical (unpaired) electrons. The number of aryl methyl sites for hydroxylation is 1. The molecule has 0 N–H and O–H groups in total. The molecule has 0 fully saturated rings. The van der Waals surface area contributed by atoms with Gasteiger partial charge in [0, 0.05) is 5.54 Å². The molecule has 0 nitrogen and oxygen atoms in total. The van der Waals surface area contributed by atoms with Crippen LogP contribution in [0.15, 0.2) is 18.2 Å². The maximum absolute atomic E-state index is 6.01. The van der Waals surface area contributed by atoms with Gasteiger partial charge >= 0.3 is 6.00 Å². The van der Waals surface area contributed by atoms with Crippen molar-refractivity contribution >= 4 is 39.2 Å². The van der Waals surface area contributed by atoms with E-state index in [0.717, 1.165) is 5.56 Å². The number of hydrogen-bond donors (Lipinski definition) is 0. The van der Waals surface area contributed by atoms with Crippen LogP contribution >= 0.6 is 33.2 Å². The van der Waals surface area contributed by atoms with Crippen molar-refractivity contribution in [2.24, 2.45) is 0 Å². The third-order valence-electron chi connectivity index (χ3n) is 2.60. The lowest BCUT2D eigenvalue weighted by Crippen LogP contribution is -2.21. The Balaban J connectivity index is 3.14. The van der Waals surface area contributed by atoms with Crippen molar-refractivity contribution in [1.82, 2.24) is 0 Å². The second-order valence-corrected chi connectivity index (χ2v) is 12.6. The Morgan fingerprint density at radius 1 is 1.14 bits per heavy atom. The SMILES string of the molecule is Cc1cccc(C(C)[Si](Cl)(Cl)Cl)c1C. The molecule has 0 aliphatic rings. The van der Waals surface area contributed by atoms with Gasteiger partial charge in [-0.05, 0) is 30.5 Å². The van der Waals surface area contributed by atoms with Crippen LogP contribution in [0, 0.1) is 13.8 Å². The van der Waals surface area contributed by atoms with Crippen molar-refractivity contribution in [2.45, 2.75) is 26.3 Å². The van der Waals surface area contributed by atoms with Gasteiger partial charge in [-0.15, -0.1) is 33.2 Å². The summed E-state index contributed by atoms with van der Waals surface area (Å²) in [5.41, 5.74) is 3.69. The van der Waals surface area contributed by atoms with E-state index in [9.17, 15) is 0 Å². The highest BCUT2D eigenvalue weighted by molar-refractivity contribution is 7.65. The number of benzene rings is 1. The van der Waals surface area contributed by atoms with Crippen molar-refractivity contribution in [3.63, 3.8) is 0 Å². The van der Waals surface area contributed by atoms with Gasteiger partial charge in [-0.1, -0.05) is 25.1 Å². The zero-order chi connectivity index (χ0) is 10.9. The fourth-order valence-electron chi connectivity index (χ4n) is 1.42. The summed E-state index contributed by atoms with van der Waals surface area (Å²) in [5, 5.41) is 0. The van der Waals surface area contributed by atoms with Crippen molar-refractivity contribution in [1.29, 1.82) is 0 Å². The van der Waals surface area contributed by atoms with E-state index in [0.29, 0.717) is 0 Å². The molecule has 0 amide bonds. The molecule has 0 saturated heterocycles. The molecule has 0 aliphatic carbocycles. The van der Waals surface area contributed by atoms with Gasteiger partial charge in [-0.3, -0.25) is 0 Å². The highest BCUT2D eigenvalue weighted by Crippen LogP contribution is 2.37. The van der Waals surface area contributed by atoms with E-state index in [-0.39, 0.29) is 5.54 Å². The largest absolute Gasteiger partial charge is 0.348 e.